The number of rotatable bonds is 8. The SMILES string of the molecule is CC(C)CCCC(C)CN(C)CC(C)O. The van der Waals surface area contributed by atoms with Crippen molar-refractivity contribution < 1.29 is 5.11 Å². The summed E-state index contributed by atoms with van der Waals surface area (Å²) in [5.41, 5.74) is 0. The predicted molar refractivity (Wildman–Crippen MR) is 67.0 cm³/mol. The first-order chi connectivity index (χ1) is 6.91. The molecule has 0 aromatic carbocycles. The molecule has 0 fully saturated rings. The predicted octanol–water partition coefficient (Wildman–Crippen LogP) is 2.76. The van der Waals surface area contributed by atoms with Gasteiger partial charge in [0.05, 0.1) is 6.10 Å². The lowest BCUT2D eigenvalue weighted by atomic mass is 9.99. The highest BCUT2D eigenvalue weighted by Crippen LogP contribution is 2.13. The number of likely N-dealkylation sites (N-methyl/N-ethyl adjacent to an activating group) is 1. The molecule has 2 heteroatoms. The minimum absolute atomic E-state index is 0.210. The molecule has 1 N–H and O–H groups in total. The van der Waals surface area contributed by atoms with Crippen LogP contribution in [0.2, 0.25) is 0 Å². The Labute approximate surface area is 95.7 Å². The Kier molecular flexibility index (Phi) is 8.07. The van der Waals surface area contributed by atoms with Crippen molar-refractivity contribution in [2.75, 3.05) is 20.1 Å². The minimum atomic E-state index is -0.210. The Hall–Kier alpha value is -0.0800. The molecule has 0 heterocycles. The molecular weight excluding hydrogens is 186 g/mol. The van der Waals surface area contributed by atoms with Crippen LogP contribution in [0.4, 0.5) is 0 Å². The smallest absolute Gasteiger partial charge is 0.0638 e. The van der Waals surface area contributed by atoms with Crippen molar-refractivity contribution >= 4 is 0 Å². The van der Waals surface area contributed by atoms with Gasteiger partial charge in [-0.1, -0.05) is 33.6 Å². The Balaban J connectivity index is 3.50. The number of hydrogen-bond acceptors (Lipinski definition) is 2. The molecule has 0 aliphatic carbocycles. The molecule has 0 saturated heterocycles. The number of aliphatic hydroxyl groups excluding tert-OH is 1. The van der Waals surface area contributed by atoms with E-state index in [4.69, 9.17) is 0 Å². The van der Waals surface area contributed by atoms with Gasteiger partial charge in [-0.3, -0.25) is 0 Å². The molecule has 0 aliphatic heterocycles. The molecule has 0 spiro atoms. The van der Waals surface area contributed by atoms with Crippen molar-refractivity contribution in [1.29, 1.82) is 0 Å². The first kappa shape index (κ1) is 14.9. The van der Waals surface area contributed by atoms with Gasteiger partial charge in [-0.25, -0.2) is 0 Å². The van der Waals surface area contributed by atoms with Gasteiger partial charge in [0.1, 0.15) is 0 Å². The second-order valence-electron chi connectivity index (χ2n) is 5.50. The summed E-state index contributed by atoms with van der Waals surface area (Å²) in [5, 5.41) is 9.24. The number of aliphatic hydroxyl groups is 1. The Morgan fingerprint density at radius 1 is 1.00 bits per heavy atom. The van der Waals surface area contributed by atoms with Gasteiger partial charge in [0, 0.05) is 13.1 Å². The fraction of sp³-hybridized carbons (Fsp3) is 1.00. The maximum absolute atomic E-state index is 9.24. The van der Waals surface area contributed by atoms with Crippen molar-refractivity contribution in [3.05, 3.63) is 0 Å². The van der Waals surface area contributed by atoms with Crippen molar-refractivity contribution in [1.82, 2.24) is 4.90 Å². The van der Waals surface area contributed by atoms with E-state index in [0.717, 1.165) is 24.9 Å². The molecule has 92 valence electrons. The maximum Gasteiger partial charge on any atom is 0.0638 e. The van der Waals surface area contributed by atoms with Crippen molar-refractivity contribution in [2.24, 2.45) is 11.8 Å². The largest absolute Gasteiger partial charge is 0.392 e. The van der Waals surface area contributed by atoms with Gasteiger partial charge in [-0.05, 0) is 32.2 Å². The first-order valence-corrected chi connectivity index (χ1v) is 6.28. The van der Waals surface area contributed by atoms with E-state index in [1.165, 1.54) is 19.3 Å². The van der Waals surface area contributed by atoms with Crippen LogP contribution in [0.5, 0.6) is 0 Å². The van der Waals surface area contributed by atoms with Crippen molar-refractivity contribution in [2.45, 2.75) is 53.1 Å². The quantitative estimate of drug-likeness (QED) is 0.673. The summed E-state index contributed by atoms with van der Waals surface area (Å²) in [4.78, 5) is 2.23. The van der Waals surface area contributed by atoms with Crippen LogP contribution in [-0.4, -0.2) is 36.2 Å². The fourth-order valence-corrected chi connectivity index (χ4v) is 2.02. The normalized spacial score (nSPS) is 16.0. The lowest BCUT2D eigenvalue weighted by Crippen LogP contribution is -2.31. The maximum atomic E-state index is 9.24. The van der Waals surface area contributed by atoms with E-state index in [1.54, 1.807) is 0 Å². The molecule has 15 heavy (non-hydrogen) atoms. The summed E-state index contributed by atoms with van der Waals surface area (Å²) in [6.07, 6.45) is 3.77. The lowest BCUT2D eigenvalue weighted by molar-refractivity contribution is 0.132. The van der Waals surface area contributed by atoms with Gasteiger partial charge in [-0.2, -0.15) is 0 Å². The molecule has 0 radical (unpaired) electrons. The molecule has 0 aliphatic rings. The van der Waals surface area contributed by atoms with Crippen LogP contribution in [0.3, 0.4) is 0 Å². The van der Waals surface area contributed by atoms with Crippen LogP contribution >= 0.6 is 0 Å². The zero-order valence-electron chi connectivity index (χ0n) is 11.2. The van der Waals surface area contributed by atoms with Gasteiger partial charge < -0.3 is 10.0 Å². The van der Waals surface area contributed by atoms with Gasteiger partial charge in [0.15, 0.2) is 0 Å². The van der Waals surface area contributed by atoms with E-state index in [2.05, 4.69) is 32.7 Å². The van der Waals surface area contributed by atoms with Crippen molar-refractivity contribution in [3.63, 3.8) is 0 Å². The van der Waals surface area contributed by atoms with E-state index in [-0.39, 0.29) is 6.10 Å². The molecule has 0 amide bonds. The monoisotopic (exact) mass is 215 g/mol. The molecule has 2 atom stereocenters. The molecular formula is C13H29NO. The summed E-state index contributed by atoms with van der Waals surface area (Å²) < 4.78 is 0. The summed E-state index contributed by atoms with van der Waals surface area (Å²) in [6, 6.07) is 0. The molecule has 0 aromatic rings. The molecule has 0 rings (SSSR count). The van der Waals surface area contributed by atoms with Gasteiger partial charge in [0.2, 0.25) is 0 Å². The highest BCUT2D eigenvalue weighted by Gasteiger charge is 2.08. The van der Waals surface area contributed by atoms with Gasteiger partial charge in [-0.15, -0.1) is 0 Å². The van der Waals surface area contributed by atoms with Crippen LogP contribution in [-0.2, 0) is 0 Å². The molecule has 0 saturated carbocycles. The second kappa shape index (κ2) is 8.12. The Morgan fingerprint density at radius 2 is 1.60 bits per heavy atom. The zero-order chi connectivity index (χ0) is 11.8. The average Bonchev–Trinajstić information content (AvgIpc) is 2.00. The van der Waals surface area contributed by atoms with Gasteiger partial charge >= 0.3 is 0 Å². The highest BCUT2D eigenvalue weighted by molar-refractivity contribution is 4.62. The van der Waals surface area contributed by atoms with E-state index in [1.807, 2.05) is 6.92 Å². The van der Waals surface area contributed by atoms with Crippen LogP contribution in [0, 0.1) is 11.8 Å². The summed E-state index contributed by atoms with van der Waals surface area (Å²) >= 11 is 0. The van der Waals surface area contributed by atoms with E-state index < -0.39 is 0 Å². The second-order valence-corrected chi connectivity index (χ2v) is 5.50. The molecule has 0 aromatic heterocycles. The Bertz CT molecular complexity index is 145. The van der Waals surface area contributed by atoms with E-state index >= 15 is 0 Å². The zero-order valence-corrected chi connectivity index (χ0v) is 11.2. The number of hydrogen-bond donors (Lipinski definition) is 1. The molecule has 2 unspecified atom stereocenters. The van der Waals surface area contributed by atoms with Crippen LogP contribution in [0.15, 0.2) is 0 Å². The van der Waals surface area contributed by atoms with Crippen LogP contribution in [0.1, 0.15) is 47.0 Å². The third kappa shape index (κ3) is 10.2. The van der Waals surface area contributed by atoms with E-state index in [0.29, 0.717) is 0 Å². The topological polar surface area (TPSA) is 23.5 Å². The summed E-state index contributed by atoms with van der Waals surface area (Å²) in [5.74, 6) is 1.57. The summed E-state index contributed by atoms with van der Waals surface area (Å²) in [7, 11) is 2.09. The molecule has 0 bridgehead atoms. The van der Waals surface area contributed by atoms with Crippen molar-refractivity contribution in [3.8, 4) is 0 Å². The fourth-order valence-electron chi connectivity index (χ4n) is 2.02. The first-order valence-electron chi connectivity index (χ1n) is 6.28. The highest BCUT2D eigenvalue weighted by atomic mass is 16.3. The van der Waals surface area contributed by atoms with Crippen LogP contribution in [0.25, 0.3) is 0 Å². The standard InChI is InChI=1S/C13H29NO/c1-11(2)7-6-8-12(3)9-14(5)10-13(4)15/h11-13,15H,6-10H2,1-5H3. The van der Waals surface area contributed by atoms with E-state index in [9.17, 15) is 5.11 Å². The molecule has 2 nitrogen and oxygen atoms in total. The lowest BCUT2D eigenvalue weighted by Gasteiger charge is -2.22. The third-order valence-corrected chi connectivity index (χ3v) is 2.68. The average molecular weight is 215 g/mol. The Morgan fingerprint density at radius 3 is 2.07 bits per heavy atom. The third-order valence-electron chi connectivity index (χ3n) is 2.68. The number of nitrogens with zero attached hydrogens (tertiary/aromatic N) is 1. The minimum Gasteiger partial charge on any atom is -0.392 e. The van der Waals surface area contributed by atoms with Gasteiger partial charge in [0.25, 0.3) is 0 Å². The van der Waals surface area contributed by atoms with Crippen LogP contribution < -0.4 is 0 Å². The summed E-state index contributed by atoms with van der Waals surface area (Å²) in [6.45, 7) is 10.6.